The molecule has 2 aliphatic rings. The number of carbonyl (C=O) groups excluding carboxylic acids is 1. The molecule has 0 spiro atoms. The summed E-state index contributed by atoms with van der Waals surface area (Å²) in [5, 5.41) is 0. The molecule has 2 aliphatic heterocycles. The lowest BCUT2D eigenvalue weighted by Gasteiger charge is -2.44. The van der Waals surface area contributed by atoms with E-state index in [9.17, 15) is 18.0 Å². The number of anilines is 1. The summed E-state index contributed by atoms with van der Waals surface area (Å²) in [6.45, 7) is 5.37. The van der Waals surface area contributed by atoms with Gasteiger partial charge in [0.25, 0.3) is 0 Å². The van der Waals surface area contributed by atoms with Crippen molar-refractivity contribution < 1.29 is 18.0 Å². The van der Waals surface area contributed by atoms with Gasteiger partial charge in [0.2, 0.25) is 5.91 Å². The van der Waals surface area contributed by atoms with Crippen LogP contribution >= 0.6 is 0 Å². The van der Waals surface area contributed by atoms with Crippen molar-refractivity contribution in [3.63, 3.8) is 0 Å². The van der Waals surface area contributed by atoms with Crippen molar-refractivity contribution in [3.8, 4) is 0 Å². The Morgan fingerprint density at radius 1 is 1.14 bits per heavy atom. The van der Waals surface area contributed by atoms with Gasteiger partial charge in [-0.05, 0) is 37.6 Å². The normalized spacial score (nSPS) is 22.3. The molecule has 3 rings (SSSR count). The van der Waals surface area contributed by atoms with E-state index in [2.05, 4.69) is 9.80 Å². The van der Waals surface area contributed by atoms with Crippen molar-refractivity contribution in [1.82, 2.24) is 14.7 Å². The second-order valence-corrected chi connectivity index (χ2v) is 7.89. The summed E-state index contributed by atoms with van der Waals surface area (Å²) >= 11 is 0. The highest BCUT2D eigenvalue weighted by molar-refractivity contribution is 5.77. The highest BCUT2D eigenvalue weighted by atomic mass is 19.4. The summed E-state index contributed by atoms with van der Waals surface area (Å²) in [5.74, 6) is 0.120. The number of halogens is 3. The number of likely N-dealkylation sites (N-methyl/N-ethyl adjacent to an activating group) is 1. The van der Waals surface area contributed by atoms with Gasteiger partial charge in [-0.1, -0.05) is 6.07 Å². The van der Waals surface area contributed by atoms with Crippen LogP contribution in [0.3, 0.4) is 0 Å². The second-order valence-electron chi connectivity index (χ2n) is 7.89. The standard InChI is InChI=1S/C20H29F3N4O/c1-24(2)19(28)15-25-8-4-7-18(14-25)27-11-9-26(10-12-27)17-6-3-5-16(13-17)20(21,22)23/h3,5-6,13,18H,4,7-12,14-15H2,1-2H3/t18-/m1/s1. The van der Waals surface area contributed by atoms with Gasteiger partial charge in [-0.15, -0.1) is 0 Å². The quantitative estimate of drug-likeness (QED) is 0.779. The van der Waals surface area contributed by atoms with Crippen molar-refractivity contribution in [2.24, 2.45) is 0 Å². The number of rotatable bonds is 4. The maximum Gasteiger partial charge on any atom is 0.416 e. The molecule has 0 aliphatic carbocycles. The summed E-state index contributed by atoms with van der Waals surface area (Å²) in [5.41, 5.74) is 0.0391. The van der Waals surface area contributed by atoms with Gasteiger partial charge in [0.1, 0.15) is 0 Å². The average Bonchev–Trinajstić information content (AvgIpc) is 2.68. The van der Waals surface area contributed by atoms with E-state index < -0.39 is 11.7 Å². The highest BCUT2D eigenvalue weighted by Gasteiger charge is 2.32. The number of carbonyl (C=O) groups is 1. The molecule has 1 aromatic carbocycles. The number of hydrogen-bond donors (Lipinski definition) is 0. The summed E-state index contributed by atoms with van der Waals surface area (Å²) < 4.78 is 38.9. The zero-order valence-corrected chi connectivity index (χ0v) is 16.6. The fourth-order valence-corrected chi connectivity index (χ4v) is 4.03. The maximum atomic E-state index is 13.0. The van der Waals surface area contributed by atoms with Crippen LogP contribution in [0.4, 0.5) is 18.9 Å². The third kappa shape index (κ3) is 5.17. The molecule has 2 heterocycles. The molecule has 1 amide bonds. The molecule has 0 radical (unpaired) electrons. The molecule has 1 aromatic rings. The fourth-order valence-electron chi connectivity index (χ4n) is 4.03. The van der Waals surface area contributed by atoms with Crippen molar-refractivity contribution in [2.45, 2.75) is 25.1 Å². The monoisotopic (exact) mass is 398 g/mol. The zero-order valence-electron chi connectivity index (χ0n) is 16.6. The van der Waals surface area contributed by atoms with Crippen LogP contribution in [-0.2, 0) is 11.0 Å². The number of amides is 1. The lowest BCUT2D eigenvalue weighted by atomic mass is 10.0. The second kappa shape index (κ2) is 8.69. The van der Waals surface area contributed by atoms with Gasteiger partial charge < -0.3 is 9.80 Å². The van der Waals surface area contributed by atoms with Crippen LogP contribution in [0.25, 0.3) is 0 Å². The Morgan fingerprint density at radius 3 is 2.50 bits per heavy atom. The molecule has 5 nitrogen and oxygen atoms in total. The number of alkyl halides is 3. The van der Waals surface area contributed by atoms with Crippen LogP contribution in [0.1, 0.15) is 18.4 Å². The minimum atomic E-state index is -4.31. The number of likely N-dealkylation sites (tertiary alicyclic amines) is 1. The van der Waals surface area contributed by atoms with Gasteiger partial charge in [0, 0.05) is 58.5 Å². The van der Waals surface area contributed by atoms with Crippen molar-refractivity contribution in [3.05, 3.63) is 29.8 Å². The van der Waals surface area contributed by atoms with Crippen molar-refractivity contribution in [2.75, 3.05) is 64.8 Å². The van der Waals surface area contributed by atoms with E-state index in [1.807, 2.05) is 4.90 Å². The van der Waals surface area contributed by atoms with Crippen molar-refractivity contribution >= 4 is 11.6 Å². The number of nitrogens with zero attached hydrogens (tertiary/aromatic N) is 4. The molecule has 1 atom stereocenters. The number of piperazine rings is 1. The van der Waals surface area contributed by atoms with Gasteiger partial charge in [-0.3, -0.25) is 14.6 Å². The Labute approximate surface area is 164 Å². The molecule has 2 fully saturated rings. The molecule has 0 N–H and O–H groups in total. The Bertz CT molecular complexity index is 672. The van der Waals surface area contributed by atoms with E-state index >= 15 is 0 Å². The molecule has 28 heavy (non-hydrogen) atoms. The van der Waals surface area contributed by atoms with E-state index in [0.29, 0.717) is 31.4 Å². The van der Waals surface area contributed by atoms with Crippen LogP contribution in [0, 0.1) is 0 Å². The van der Waals surface area contributed by atoms with Gasteiger partial charge in [-0.25, -0.2) is 0 Å². The van der Waals surface area contributed by atoms with Crippen LogP contribution in [-0.4, -0.2) is 86.6 Å². The number of piperidine rings is 1. The SMILES string of the molecule is CN(C)C(=O)CN1CCC[C@@H](N2CCN(c3cccc(C(F)(F)F)c3)CC2)C1. The molecule has 8 heteroatoms. The fraction of sp³-hybridized carbons (Fsp3) is 0.650. The first kappa shape index (κ1) is 20.9. The minimum Gasteiger partial charge on any atom is -0.369 e. The number of benzene rings is 1. The summed E-state index contributed by atoms with van der Waals surface area (Å²) in [6, 6.07) is 5.99. The Balaban J connectivity index is 1.54. The average molecular weight is 398 g/mol. The molecule has 0 saturated carbocycles. The number of hydrogen-bond acceptors (Lipinski definition) is 4. The lowest BCUT2D eigenvalue weighted by Crippen LogP contribution is -2.56. The van der Waals surface area contributed by atoms with E-state index in [1.165, 1.54) is 12.1 Å². The van der Waals surface area contributed by atoms with Gasteiger partial charge in [0.15, 0.2) is 0 Å². The Kier molecular flexibility index (Phi) is 6.50. The van der Waals surface area contributed by atoms with Gasteiger partial charge >= 0.3 is 6.18 Å². The summed E-state index contributed by atoms with van der Waals surface area (Å²) in [7, 11) is 3.55. The van der Waals surface area contributed by atoms with E-state index in [0.717, 1.165) is 45.1 Å². The molecule has 156 valence electrons. The predicted molar refractivity (Wildman–Crippen MR) is 103 cm³/mol. The van der Waals surface area contributed by atoms with Crippen LogP contribution in [0.15, 0.2) is 24.3 Å². The highest BCUT2D eigenvalue weighted by Crippen LogP contribution is 2.32. The molecule has 2 saturated heterocycles. The molecule has 0 unspecified atom stereocenters. The third-order valence-corrected chi connectivity index (χ3v) is 5.71. The molecule has 0 bridgehead atoms. The van der Waals surface area contributed by atoms with Crippen LogP contribution in [0.5, 0.6) is 0 Å². The lowest BCUT2D eigenvalue weighted by molar-refractivity contribution is -0.137. The third-order valence-electron chi connectivity index (χ3n) is 5.71. The Morgan fingerprint density at radius 2 is 1.86 bits per heavy atom. The first-order chi connectivity index (χ1) is 13.2. The topological polar surface area (TPSA) is 30.0 Å². The first-order valence-electron chi connectivity index (χ1n) is 9.83. The van der Waals surface area contributed by atoms with Gasteiger partial charge in [-0.2, -0.15) is 13.2 Å². The zero-order chi connectivity index (χ0) is 20.3. The summed E-state index contributed by atoms with van der Waals surface area (Å²) in [6.07, 6.45) is -2.14. The van der Waals surface area contributed by atoms with Crippen LogP contribution in [0.2, 0.25) is 0 Å². The molecule has 0 aromatic heterocycles. The van der Waals surface area contributed by atoms with E-state index in [1.54, 1.807) is 25.1 Å². The first-order valence-corrected chi connectivity index (χ1v) is 9.83. The van der Waals surface area contributed by atoms with E-state index in [-0.39, 0.29) is 5.91 Å². The van der Waals surface area contributed by atoms with Crippen LogP contribution < -0.4 is 4.90 Å². The largest absolute Gasteiger partial charge is 0.416 e. The summed E-state index contributed by atoms with van der Waals surface area (Å²) in [4.78, 5) is 20.3. The molecular formula is C20H29F3N4O. The minimum absolute atomic E-state index is 0.120. The van der Waals surface area contributed by atoms with Crippen molar-refractivity contribution in [1.29, 1.82) is 0 Å². The Hall–Kier alpha value is -1.80. The van der Waals surface area contributed by atoms with E-state index in [4.69, 9.17) is 0 Å². The predicted octanol–water partition coefficient (Wildman–Crippen LogP) is 2.38. The maximum absolute atomic E-state index is 13.0. The molecular weight excluding hydrogens is 369 g/mol. The smallest absolute Gasteiger partial charge is 0.369 e. The van der Waals surface area contributed by atoms with Gasteiger partial charge in [0.05, 0.1) is 12.1 Å².